The molecular formula is C32H56O3. The van der Waals surface area contributed by atoms with E-state index < -0.39 is 5.60 Å². The number of ether oxygens (including phenoxy) is 1. The highest BCUT2D eigenvalue weighted by Gasteiger charge is 2.82. The Hall–Kier alpha value is -0.120. The highest BCUT2D eigenvalue weighted by atomic mass is 16.5. The van der Waals surface area contributed by atoms with Gasteiger partial charge in [-0.05, 0) is 127 Å². The van der Waals surface area contributed by atoms with E-state index in [2.05, 4.69) is 48.5 Å². The van der Waals surface area contributed by atoms with Crippen LogP contribution < -0.4 is 0 Å². The first-order chi connectivity index (χ1) is 16.2. The Morgan fingerprint density at radius 3 is 2.17 bits per heavy atom. The number of hydrogen-bond acceptors (Lipinski definition) is 3. The predicted molar refractivity (Wildman–Crippen MR) is 143 cm³/mol. The average molecular weight is 489 g/mol. The molecule has 5 rings (SSSR count). The fourth-order valence-corrected chi connectivity index (χ4v) is 11.8. The third kappa shape index (κ3) is 3.32. The minimum atomic E-state index is -0.709. The van der Waals surface area contributed by atoms with E-state index in [9.17, 15) is 10.2 Å². The van der Waals surface area contributed by atoms with Gasteiger partial charge in [-0.1, -0.05) is 48.5 Å². The van der Waals surface area contributed by atoms with Crippen LogP contribution in [0.3, 0.4) is 0 Å². The van der Waals surface area contributed by atoms with Crippen LogP contribution in [-0.2, 0) is 4.74 Å². The van der Waals surface area contributed by atoms with Crippen molar-refractivity contribution in [3.63, 3.8) is 0 Å². The molecule has 0 saturated heterocycles. The van der Waals surface area contributed by atoms with Gasteiger partial charge in [0.2, 0.25) is 0 Å². The maximum absolute atomic E-state index is 11.2. The lowest BCUT2D eigenvalue weighted by atomic mass is 9.41. The molecule has 0 aromatic rings. The minimum Gasteiger partial charge on any atom is -0.393 e. The van der Waals surface area contributed by atoms with E-state index in [4.69, 9.17) is 4.74 Å². The summed E-state index contributed by atoms with van der Waals surface area (Å²) in [6.07, 6.45) is 13.9. The van der Waals surface area contributed by atoms with Crippen molar-refractivity contribution in [1.29, 1.82) is 0 Å². The van der Waals surface area contributed by atoms with Crippen molar-refractivity contribution < 1.29 is 14.9 Å². The van der Waals surface area contributed by atoms with Crippen LogP contribution in [0.25, 0.3) is 0 Å². The van der Waals surface area contributed by atoms with Gasteiger partial charge < -0.3 is 14.9 Å². The summed E-state index contributed by atoms with van der Waals surface area (Å²) < 4.78 is 5.42. The Morgan fingerprint density at radius 1 is 0.857 bits per heavy atom. The molecule has 2 N–H and O–H groups in total. The molecule has 35 heavy (non-hydrogen) atoms. The van der Waals surface area contributed by atoms with Gasteiger partial charge >= 0.3 is 0 Å². The van der Waals surface area contributed by atoms with Crippen LogP contribution in [0, 0.1) is 56.7 Å². The first kappa shape index (κ1) is 26.5. The van der Waals surface area contributed by atoms with Crippen LogP contribution in [0.15, 0.2) is 0 Å². The number of aliphatic hydroxyl groups excluding tert-OH is 1. The number of rotatable bonds is 7. The van der Waals surface area contributed by atoms with Gasteiger partial charge in [-0.2, -0.15) is 0 Å². The fourth-order valence-electron chi connectivity index (χ4n) is 11.8. The molecule has 0 bridgehead atoms. The van der Waals surface area contributed by atoms with E-state index in [0.717, 1.165) is 31.1 Å². The van der Waals surface area contributed by atoms with Crippen molar-refractivity contribution in [2.75, 3.05) is 13.7 Å². The van der Waals surface area contributed by atoms with Crippen molar-refractivity contribution in [1.82, 2.24) is 0 Å². The third-order valence-electron chi connectivity index (χ3n) is 14.3. The maximum Gasteiger partial charge on any atom is 0.0902 e. The van der Waals surface area contributed by atoms with Gasteiger partial charge in [0, 0.05) is 7.11 Å². The van der Waals surface area contributed by atoms with Crippen molar-refractivity contribution >= 4 is 0 Å². The van der Waals surface area contributed by atoms with Crippen molar-refractivity contribution in [2.24, 2.45) is 56.7 Å². The second-order valence-electron chi connectivity index (χ2n) is 15.7. The average Bonchev–Trinajstić information content (AvgIpc) is 3.37. The zero-order valence-electron chi connectivity index (χ0n) is 24.3. The van der Waals surface area contributed by atoms with Crippen molar-refractivity contribution in [3.05, 3.63) is 0 Å². The Labute approximate surface area is 216 Å². The number of fused-ring (bicyclic) bond motifs is 2. The van der Waals surface area contributed by atoms with E-state index in [0.29, 0.717) is 40.1 Å². The summed E-state index contributed by atoms with van der Waals surface area (Å²) in [5, 5.41) is 22.1. The van der Waals surface area contributed by atoms with Crippen LogP contribution in [-0.4, -0.2) is 35.6 Å². The quantitative estimate of drug-likeness (QED) is 0.397. The normalized spacial score (nSPS) is 50.5. The van der Waals surface area contributed by atoms with Gasteiger partial charge in [0.05, 0.1) is 18.3 Å². The smallest absolute Gasteiger partial charge is 0.0902 e. The molecule has 3 heteroatoms. The second kappa shape index (κ2) is 8.19. The first-order valence-electron chi connectivity index (χ1n) is 15.1. The molecule has 0 aliphatic heterocycles. The lowest BCUT2D eigenvalue weighted by Gasteiger charge is -2.63. The molecule has 0 aromatic carbocycles. The first-order valence-corrected chi connectivity index (χ1v) is 15.1. The van der Waals surface area contributed by atoms with Crippen molar-refractivity contribution in [2.45, 2.75) is 131 Å². The lowest BCUT2D eigenvalue weighted by Crippen LogP contribution is -2.57. The van der Waals surface area contributed by atoms with Crippen molar-refractivity contribution in [3.8, 4) is 0 Å². The van der Waals surface area contributed by atoms with E-state index in [1.165, 1.54) is 51.4 Å². The van der Waals surface area contributed by atoms with Gasteiger partial charge in [-0.25, -0.2) is 0 Å². The summed E-state index contributed by atoms with van der Waals surface area (Å²) in [5.74, 6) is 3.21. The molecule has 5 aliphatic rings. The molecule has 5 saturated carbocycles. The Morgan fingerprint density at radius 2 is 1.51 bits per heavy atom. The zero-order chi connectivity index (χ0) is 25.7. The number of aliphatic hydroxyl groups is 2. The van der Waals surface area contributed by atoms with Gasteiger partial charge in [-0.3, -0.25) is 0 Å². The Kier molecular flexibility index (Phi) is 6.20. The molecule has 5 fully saturated rings. The lowest BCUT2D eigenvalue weighted by molar-refractivity contribution is -0.162. The summed E-state index contributed by atoms with van der Waals surface area (Å²) in [7, 11) is 1.71. The molecule has 10 atom stereocenters. The topological polar surface area (TPSA) is 49.7 Å². The van der Waals surface area contributed by atoms with Crippen LogP contribution in [0.1, 0.15) is 119 Å². The van der Waals surface area contributed by atoms with Crippen LogP contribution in [0.2, 0.25) is 0 Å². The molecule has 2 spiro atoms. The summed E-state index contributed by atoms with van der Waals surface area (Å²) in [5.41, 5.74) is 1.33. The maximum atomic E-state index is 11.2. The van der Waals surface area contributed by atoms with E-state index in [1.807, 2.05) is 0 Å². The summed E-state index contributed by atoms with van der Waals surface area (Å²) in [6.45, 7) is 17.3. The third-order valence-corrected chi connectivity index (χ3v) is 14.3. The Bertz CT molecular complexity index is 822. The zero-order valence-corrected chi connectivity index (χ0v) is 24.3. The van der Waals surface area contributed by atoms with Crippen LogP contribution >= 0.6 is 0 Å². The summed E-state index contributed by atoms with van der Waals surface area (Å²) >= 11 is 0. The molecule has 202 valence electrons. The standard InChI is InChI=1S/C32H56O3/c1-21(2)32(34,20-35-8)16-11-22(3)23-12-14-29(7)25-10-9-24-27(4,5)26(33)13-15-30(24)19-31(25,30)18-17-28(23,29)6/h21-26,33-34H,9-20H2,1-8H3/t22-,23-,24+,25+,26+,28-,29+,30-,31+,32-/m1/s1. The van der Waals surface area contributed by atoms with Crippen LogP contribution in [0.4, 0.5) is 0 Å². The molecule has 5 aliphatic carbocycles. The SMILES string of the molecule is COC[C@](O)(CC[C@@H](C)[C@H]1CC[C@@]2(C)[C@@H]3CC[C@H]4C(C)(C)[C@@H](O)CC[C@@]45C[C@@]35CC[C@]12C)C(C)C. The van der Waals surface area contributed by atoms with Gasteiger partial charge in [0.15, 0.2) is 0 Å². The fraction of sp³-hybridized carbons (Fsp3) is 1.00. The summed E-state index contributed by atoms with van der Waals surface area (Å²) in [6, 6.07) is 0. The highest BCUT2D eigenvalue weighted by Crippen LogP contribution is 2.89. The monoisotopic (exact) mass is 488 g/mol. The molecule has 3 nitrogen and oxygen atoms in total. The van der Waals surface area contributed by atoms with E-state index >= 15 is 0 Å². The van der Waals surface area contributed by atoms with Gasteiger partial charge in [0.1, 0.15) is 0 Å². The molecule has 0 amide bonds. The summed E-state index contributed by atoms with van der Waals surface area (Å²) in [4.78, 5) is 0. The molecule has 0 aromatic heterocycles. The molecule has 0 unspecified atom stereocenters. The van der Waals surface area contributed by atoms with Gasteiger partial charge in [0.25, 0.3) is 0 Å². The Balaban J connectivity index is 1.35. The van der Waals surface area contributed by atoms with Crippen LogP contribution in [0.5, 0.6) is 0 Å². The van der Waals surface area contributed by atoms with E-state index in [-0.39, 0.29) is 17.4 Å². The molecule has 0 radical (unpaired) electrons. The predicted octanol–water partition coefficient (Wildman–Crippen LogP) is 7.24. The molecule has 0 heterocycles. The number of hydrogen-bond donors (Lipinski definition) is 2. The largest absolute Gasteiger partial charge is 0.393 e. The van der Waals surface area contributed by atoms with E-state index in [1.54, 1.807) is 7.11 Å². The second-order valence-corrected chi connectivity index (χ2v) is 15.7. The minimum absolute atomic E-state index is 0.0799. The number of methoxy groups -OCH3 is 1. The van der Waals surface area contributed by atoms with Gasteiger partial charge in [-0.15, -0.1) is 0 Å². The molecular weight excluding hydrogens is 432 g/mol. The highest BCUT2D eigenvalue weighted by molar-refractivity contribution is 5.30.